The summed E-state index contributed by atoms with van der Waals surface area (Å²) in [4.78, 5) is 11.1. The summed E-state index contributed by atoms with van der Waals surface area (Å²) in [6.45, 7) is 15.8. The molecule has 0 aliphatic rings. The number of esters is 1. The average Bonchev–Trinajstić information content (AvgIpc) is 2.99. The van der Waals surface area contributed by atoms with Gasteiger partial charge in [-0.05, 0) is 13.3 Å². The minimum atomic E-state index is -0.249. The summed E-state index contributed by atoms with van der Waals surface area (Å²) in [5.41, 5.74) is 0. The molecule has 0 saturated heterocycles. The first-order chi connectivity index (χ1) is 20.8. The zero-order valence-corrected chi connectivity index (χ0v) is 26.2. The second kappa shape index (κ2) is 38.1. The Balaban J connectivity index is 3.05. The van der Waals surface area contributed by atoms with Crippen molar-refractivity contribution in [1.82, 2.24) is 0 Å². The van der Waals surface area contributed by atoms with Gasteiger partial charge in [-0.3, -0.25) is 4.79 Å². The zero-order chi connectivity index (χ0) is 30.4. The lowest BCUT2D eigenvalue weighted by atomic mass is 10.4. The van der Waals surface area contributed by atoms with Crippen molar-refractivity contribution in [2.75, 3.05) is 152 Å². The monoisotopic (exact) mass is 614 g/mol. The summed E-state index contributed by atoms with van der Waals surface area (Å²) in [6.07, 6.45) is 2.50. The van der Waals surface area contributed by atoms with Crippen LogP contribution in [0.25, 0.3) is 0 Å². The van der Waals surface area contributed by atoms with Crippen LogP contribution in [0.15, 0.2) is 0 Å². The van der Waals surface area contributed by atoms with E-state index in [0.29, 0.717) is 145 Å². The van der Waals surface area contributed by atoms with E-state index in [9.17, 15) is 4.79 Å². The van der Waals surface area contributed by atoms with E-state index < -0.39 is 0 Å². The molecule has 0 saturated carbocycles. The Bertz CT molecular complexity index is 514. The highest BCUT2D eigenvalue weighted by Gasteiger charge is 2.01. The molecule has 42 heavy (non-hydrogen) atoms. The molecule has 0 heterocycles. The average molecular weight is 615 g/mol. The molecular formula is C29H58O13. The minimum Gasteiger partial charge on any atom is -0.466 e. The van der Waals surface area contributed by atoms with Crippen LogP contribution < -0.4 is 0 Å². The largest absolute Gasteiger partial charge is 0.466 e. The molecule has 0 fully saturated rings. The van der Waals surface area contributed by atoms with Crippen LogP contribution in [0.1, 0.15) is 33.1 Å². The Hall–Kier alpha value is -0.970. The molecule has 0 radical (unpaired) electrons. The van der Waals surface area contributed by atoms with E-state index in [1.165, 1.54) is 0 Å². The van der Waals surface area contributed by atoms with Crippen molar-refractivity contribution in [3.05, 3.63) is 0 Å². The number of unbranched alkanes of at least 4 members (excludes halogenated alkanes) is 1. The molecule has 0 atom stereocenters. The van der Waals surface area contributed by atoms with Gasteiger partial charge in [-0.2, -0.15) is 0 Å². The molecule has 13 nitrogen and oxygen atoms in total. The van der Waals surface area contributed by atoms with E-state index in [1.54, 1.807) is 6.92 Å². The van der Waals surface area contributed by atoms with Crippen molar-refractivity contribution in [3.8, 4) is 0 Å². The maximum Gasteiger partial charge on any atom is 0.308 e. The molecule has 0 unspecified atom stereocenters. The van der Waals surface area contributed by atoms with Gasteiger partial charge in [-0.25, -0.2) is 0 Å². The third-order valence-corrected chi connectivity index (χ3v) is 5.12. The van der Waals surface area contributed by atoms with Gasteiger partial charge in [-0.15, -0.1) is 0 Å². The zero-order valence-electron chi connectivity index (χ0n) is 26.2. The molecule has 0 bridgehead atoms. The first-order valence-electron chi connectivity index (χ1n) is 15.3. The van der Waals surface area contributed by atoms with Gasteiger partial charge in [0, 0.05) is 6.61 Å². The topological polar surface area (TPSA) is 128 Å². The van der Waals surface area contributed by atoms with Gasteiger partial charge in [0.05, 0.1) is 152 Å². The Morgan fingerprint density at radius 1 is 0.357 bits per heavy atom. The molecule has 0 aromatic rings. The lowest BCUT2D eigenvalue weighted by Crippen LogP contribution is -2.15. The van der Waals surface area contributed by atoms with E-state index >= 15 is 0 Å². The molecule has 13 heteroatoms. The smallest absolute Gasteiger partial charge is 0.308 e. The Morgan fingerprint density at radius 2 is 0.595 bits per heavy atom. The number of ether oxygens (including phenoxy) is 12. The van der Waals surface area contributed by atoms with E-state index in [1.807, 2.05) is 0 Å². The summed E-state index contributed by atoms with van der Waals surface area (Å²) in [7, 11) is 0. The van der Waals surface area contributed by atoms with Gasteiger partial charge in [0.15, 0.2) is 0 Å². The van der Waals surface area contributed by atoms with Gasteiger partial charge in [0.1, 0.15) is 0 Å². The minimum absolute atomic E-state index is 0.249. The molecule has 0 aliphatic carbocycles. The van der Waals surface area contributed by atoms with Crippen LogP contribution in [-0.4, -0.2) is 158 Å². The van der Waals surface area contributed by atoms with E-state index in [4.69, 9.17) is 56.8 Å². The van der Waals surface area contributed by atoms with Gasteiger partial charge in [0.2, 0.25) is 0 Å². The lowest BCUT2D eigenvalue weighted by molar-refractivity contribution is -0.144. The van der Waals surface area contributed by atoms with Gasteiger partial charge in [-0.1, -0.05) is 13.3 Å². The first-order valence-corrected chi connectivity index (χ1v) is 15.3. The third kappa shape index (κ3) is 37.1. The molecule has 252 valence electrons. The van der Waals surface area contributed by atoms with E-state index in [2.05, 4.69) is 6.92 Å². The Kier molecular flexibility index (Phi) is 37.2. The van der Waals surface area contributed by atoms with Crippen molar-refractivity contribution < 1.29 is 61.6 Å². The lowest BCUT2D eigenvalue weighted by Gasteiger charge is -2.09. The second-order valence-electron chi connectivity index (χ2n) is 8.64. The highest BCUT2D eigenvalue weighted by atomic mass is 16.6. The first kappa shape index (κ1) is 41.0. The Morgan fingerprint density at radius 3 is 0.833 bits per heavy atom. The molecule has 0 aromatic carbocycles. The van der Waals surface area contributed by atoms with E-state index in [0.717, 1.165) is 19.4 Å². The molecule has 0 aliphatic heterocycles. The summed E-state index contributed by atoms with van der Waals surface area (Å²) < 4.78 is 64.5. The van der Waals surface area contributed by atoms with Crippen molar-refractivity contribution >= 4 is 5.97 Å². The van der Waals surface area contributed by atoms with Crippen LogP contribution in [0.4, 0.5) is 0 Å². The number of rotatable bonds is 37. The summed E-state index contributed by atoms with van der Waals surface area (Å²) in [6, 6.07) is 0. The molecule has 0 spiro atoms. The third-order valence-electron chi connectivity index (χ3n) is 5.12. The van der Waals surface area contributed by atoms with Crippen LogP contribution in [-0.2, 0) is 61.6 Å². The van der Waals surface area contributed by atoms with Crippen LogP contribution in [0.2, 0.25) is 0 Å². The standard InChI is InChI=1S/C29H58O13/c1-3-5-7-31-9-11-33-13-15-35-17-19-37-21-23-39-25-27-41-28-26-40-24-22-38-20-18-36-16-14-34-12-10-32-8-6-29(30)42-4-2/h3-28H2,1-2H3. The SMILES string of the molecule is CCCCOCCOCCOCCOCCOCCOCCOCCOCCOCCOCCOCCC(=O)OCC. The van der Waals surface area contributed by atoms with Crippen molar-refractivity contribution in [2.45, 2.75) is 33.1 Å². The fraction of sp³-hybridized carbons (Fsp3) is 0.966. The molecule has 0 rings (SSSR count). The normalized spacial score (nSPS) is 11.4. The maximum atomic E-state index is 11.1. The van der Waals surface area contributed by atoms with Gasteiger partial charge in [0.25, 0.3) is 0 Å². The molecule has 0 amide bonds. The summed E-state index contributed by atoms with van der Waals surface area (Å²) in [5.74, 6) is -0.249. The number of carbonyl (C=O) groups excluding carboxylic acids is 1. The number of carbonyl (C=O) groups is 1. The van der Waals surface area contributed by atoms with Crippen LogP contribution in [0, 0.1) is 0 Å². The highest BCUT2D eigenvalue weighted by molar-refractivity contribution is 5.69. The van der Waals surface area contributed by atoms with E-state index in [-0.39, 0.29) is 12.4 Å². The summed E-state index contributed by atoms with van der Waals surface area (Å²) >= 11 is 0. The van der Waals surface area contributed by atoms with Gasteiger partial charge >= 0.3 is 5.97 Å². The predicted molar refractivity (Wildman–Crippen MR) is 155 cm³/mol. The number of hydrogen-bond acceptors (Lipinski definition) is 13. The predicted octanol–water partition coefficient (Wildman–Crippen LogP) is 1.92. The van der Waals surface area contributed by atoms with Crippen molar-refractivity contribution in [3.63, 3.8) is 0 Å². The molecule has 0 N–H and O–H groups in total. The van der Waals surface area contributed by atoms with Crippen molar-refractivity contribution in [2.24, 2.45) is 0 Å². The fourth-order valence-electron chi connectivity index (χ4n) is 2.94. The van der Waals surface area contributed by atoms with Gasteiger partial charge < -0.3 is 56.8 Å². The highest BCUT2D eigenvalue weighted by Crippen LogP contribution is 1.90. The maximum absolute atomic E-state index is 11.1. The van der Waals surface area contributed by atoms with Crippen LogP contribution >= 0.6 is 0 Å². The van der Waals surface area contributed by atoms with Crippen molar-refractivity contribution in [1.29, 1.82) is 0 Å². The second-order valence-corrected chi connectivity index (χ2v) is 8.64. The number of hydrogen-bond donors (Lipinski definition) is 0. The molecular weight excluding hydrogens is 556 g/mol. The quantitative estimate of drug-likeness (QED) is 0.0747. The molecule has 0 aromatic heterocycles. The summed E-state index contributed by atoms with van der Waals surface area (Å²) in [5, 5.41) is 0. The van der Waals surface area contributed by atoms with Crippen LogP contribution in [0.5, 0.6) is 0 Å². The fourth-order valence-corrected chi connectivity index (χ4v) is 2.94. The van der Waals surface area contributed by atoms with Crippen LogP contribution in [0.3, 0.4) is 0 Å². The Labute approximate surface area is 252 Å².